The van der Waals surface area contributed by atoms with Crippen molar-refractivity contribution < 1.29 is 4.74 Å². The zero-order chi connectivity index (χ0) is 21.0. The summed E-state index contributed by atoms with van der Waals surface area (Å²) in [6, 6.07) is 15.6. The fourth-order valence-corrected chi connectivity index (χ4v) is 4.31. The van der Waals surface area contributed by atoms with Crippen molar-refractivity contribution in [2.45, 2.75) is 6.61 Å². The summed E-state index contributed by atoms with van der Waals surface area (Å²) in [4.78, 5) is 25.5. The lowest BCUT2D eigenvalue weighted by Gasteiger charge is -2.14. The summed E-state index contributed by atoms with van der Waals surface area (Å²) < 4.78 is 6.27. The molecule has 0 amide bonds. The fraction of sp³-hybridized carbons (Fsp3) is 0.0800. The highest BCUT2D eigenvalue weighted by molar-refractivity contribution is 7.13. The van der Waals surface area contributed by atoms with Crippen LogP contribution in [0, 0.1) is 0 Å². The van der Waals surface area contributed by atoms with E-state index >= 15 is 0 Å². The van der Waals surface area contributed by atoms with E-state index in [1.54, 1.807) is 6.20 Å². The molecule has 4 heterocycles. The molecule has 0 radical (unpaired) electrons. The molecule has 0 saturated heterocycles. The van der Waals surface area contributed by atoms with Gasteiger partial charge in [0.05, 0.1) is 23.3 Å². The molecule has 5 rings (SSSR count). The van der Waals surface area contributed by atoms with E-state index in [2.05, 4.69) is 27.1 Å². The monoisotopic (exact) mass is 425 g/mol. The van der Waals surface area contributed by atoms with Crippen LogP contribution in [0.1, 0.15) is 11.3 Å². The van der Waals surface area contributed by atoms with E-state index in [4.69, 9.17) is 4.74 Å². The molecule has 3 aromatic heterocycles. The molecule has 1 aliphatic heterocycles. The summed E-state index contributed by atoms with van der Waals surface area (Å²) in [5.74, 6) is 0.570. The highest BCUT2D eigenvalue weighted by Crippen LogP contribution is 2.37. The SMILES string of the molecule is O=c1[nH]c2ccc(C3=CC=NCC=C3)cc2c(OCc2ccccn2)c1-c1cccs1. The molecular formula is C25H19N3O2S. The number of fused-ring (bicyclic) bond motifs is 1. The van der Waals surface area contributed by atoms with Crippen molar-refractivity contribution in [1.82, 2.24) is 9.97 Å². The minimum Gasteiger partial charge on any atom is -0.486 e. The summed E-state index contributed by atoms with van der Waals surface area (Å²) in [5, 5.41) is 2.81. The Hall–Kier alpha value is -3.77. The topological polar surface area (TPSA) is 67.3 Å². The van der Waals surface area contributed by atoms with E-state index in [1.165, 1.54) is 11.3 Å². The lowest BCUT2D eigenvalue weighted by molar-refractivity contribution is 0.306. The lowest BCUT2D eigenvalue weighted by atomic mass is 10.0. The first-order valence-electron chi connectivity index (χ1n) is 9.93. The number of aliphatic imine (C=N–C) groups is 1. The summed E-state index contributed by atoms with van der Waals surface area (Å²) in [7, 11) is 0. The molecule has 0 aliphatic carbocycles. The molecule has 0 fully saturated rings. The fourth-order valence-electron chi connectivity index (χ4n) is 3.55. The molecule has 5 nitrogen and oxygen atoms in total. The van der Waals surface area contributed by atoms with Gasteiger partial charge in [-0.2, -0.15) is 0 Å². The molecular weight excluding hydrogens is 406 g/mol. The molecule has 4 aromatic rings. The second-order valence-electron chi connectivity index (χ2n) is 7.04. The van der Waals surface area contributed by atoms with E-state index < -0.39 is 0 Å². The molecule has 0 saturated carbocycles. The van der Waals surface area contributed by atoms with Crippen LogP contribution in [0.2, 0.25) is 0 Å². The number of pyridine rings is 2. The molecule has 152 valence electrons. The maximum atomic E-state index is 13.0. The second kappa shape index (κ2) is 8.53. The van der Waals surface area contributed by atoms with E-state index in [0.29, 0.717) is 17.9 Å². The van der Waals surface area contributed by atoms with Gasteiger partial charge < -0.3 is 9.72 Å². The van der Waals surface area contributed by atoms with Crippen molar-refractivity contribution in [2.24, 2.45) is 4.99 Å². The summed E-state index contributed by atoms with van der Waals surface area (Å²) in [6.07, 6.45) is 9.64. The number of rotatable bonds is 5. The Bertz CT molecular complexity index is 1370. The second-order valence-corrected chi connectivity index (χ2v) is 7.99. The number of nitrogens with zero attached hydrogens (tertiary/aromatic N) is 2. The average molecular weight is 426 g/mol. The largest absolute Gasteiger partial charge is 0.486 e. The molecule has 6 heteroatoms. The molecule has 0 bridgehead atoms. The number of ether oxygens (including phenoxy) is 1. The van der Waals surface area contributed by atoms with E-state index in [-0.39, 0.29) is 12.2 Å². The van der Waals surface area contributed by atoms with E-state index in [0.717, 1.165) is 32.6 Å². The Morgan fingerprint density at radius 2 is 2.10 bits per heavy atom. The summed E-state index contributed by atoms with van der Waals surface area (Å²) >= 11 is 1.51. The number of thiophene rings is 1. The average Bonchev–Trinajstić information content (AvgIpc) is 3.19. The zero-order valence-corrected chi connectivity index (χ0v) is 17.4. The third-order valence-electron chi connectivity index (χ3n) is 5.03. The smallest absolute Gasteiger partial charge is 0.260 e. The maximum absolute atomic E-state index is 13.0. The molecule has 1 N–H and O–H groups in total. The van der Waals surface area contributed by atoms with Crippen LogP contribution in [0.3, 0.4) is 0 Å². The molecule has 0 spiro atoms. The number of aromatic nitrogens is 2. The minimum atomic E-state index is -0.167. The highest BCUT2D eigenvalue weighted by atomic mass is 32.1. The Balaban J connectivity index is 1.69. The first kappa shape index (κ1) is 19.2. The van der Waals surface area contributed by atoms with Gasteiger partial charge in [-0.15, -0.1) is 11.3 Å². The van der Waals surface area contributed by atoms with Gasteiger partial charge >= 0.3 is 0 Å². The van der Waals surface area contributed by atoms with E-state index in [1.807, 2.05) is 66.2 Å². The van der Waals surface area contributed by atoms with Gasteiger partial charge in [-0.25, -0.2) is 0 Å². The van der Waals surface area contributed by atoms with Gasteiger partial charge in [-0.3, -0.25) is 14.8 Å². The molecule has 1 aromatic carbocycles. The Morgan fingerprint density at radius 1 is 1.13 bits per heavy atom. The number of H-pyrrole nitrogens is 1. The van der Waals surface area contributed by atoms with Crippen LogP contribution in [0.25, 0.3) is 26.9 Å². The summed E-state index contributed by atoms with van der Waals surface area (Å²) in [6.45, 7) is 0.944. The number of benzene rings is 1. The molecule has 1 aliphatic rings. The van der Waals surface area contributed by atoms with Crippen LogP contribution in [0.15, 0.2) is 88.1 Å². The minimum absolute atomic E-state index is 0.167. The predicted molar refractivity (Wildman–Crippen MR) is 127 cm³/mol. The normalized spacial score (nSPS) is 13.2. The van der Waals surface area contributed by atoms with Crippen molar-refractivity contribution in [3.05, 3.63) is 99.9 Å². The number of aromatic amines is 1. The lowest BCUT2D eigenvalue weighted by Crippen LogP contribution is -2.12. The van der Waals surface area contributed by atoms with Gasteiger partial charge in [0.15, 0.2) is 0 Å². The van der Waals surface area contributed by atoms with Gasteiger partial charge in [0, 0.05) is 22.7 Å². The number of allylic oxidation sites excluding steroid dienone is 3. The van der Waals surface area contributed by atoms with Crippen molar-refractivity contribution >= 4 is 34.0 Å². The summed E-state index contributed by atoms with van der Waals surface area (Å²) in [5.41, 5.74) is 4.00. The van der Waals surface area contributed by atoms with Crippen molar-refractivity contribution in [1.29, 1.82) is 0 Å². The maximum Gasteiger partial charge on any atom is 0.260 e. The van der Waals surface area contributed by atoms with Crippen molar-refractivity contribution in [3.63, 3.8) is 0 Å². The van der Waals surface area contributed by atoms with Crippen molar-refractivity contribution in [3.8, 4) is 16.2 Å². The van der Waals surface area contributed by atoms with Gasteiger partial charge in [0.2, 0.25) is 0 Å². The standard InChI is InChI=1S/C25H19N3O2S/c29-25-23(22-7-4-14-31-22)24(30-16-19-6-1-2-12-27-19)20-15-18(8-9-21(20)28-25)17-5-3-11-26-13-10-17/h1-10,12-15H,11,16H2,(H,28,29). The number of hydrogen-bond acceptors (Lipinski definition) is 5. The molecule has 0 atom stereocenters. The Kier molecular flexibility index (Phi) is 5.29. The Labute approximate surface area is 183 Å². The number of nitrogens with one attached hydrogen (secondary N) is 1. The van der Waals surface area contributed by atoms with Crippen LogP contribution in [-0.2, 0) is 6.61 Å². The third kappa shape index (κ3) is 3.98. The van der Waals surface area contributed by atoms with Gasteiger partial charge in [0.25, 0.3) is 5.56 Å². The van der Waals surface area contributed by atoms with Crippen LogP contribution in [0.4, 0.5) is 0 Å². The highest BCUT2D eigenvalue weighted by Gasteiger charge is 2.18. The van der Waals surface area contributed by atoms with Crippen LogP contribution < -0.4 is 10.3 Å². The zero-order valence-electron chi connectivity index (χ0n) is 16.6. The predicted octanol–water partition coefficient (Wildman–Crippen LogP) is 5.25. The van der Waals surface area contributed by atoms with Crippen LogP contribution in [-0.4, -0.2) is 22.7 Å². The van der Waals surface area contributed by atoms with Crippen molar-refractivity contribution in [2.75, 3.05) is 6.54 Å². The Morgan fingerprint density at radius 3 is 2.94 bits per heavy atom. The number of hydrogen-bond donors (Lipinski definition) is 1. The third-order valence-corrected chi connectivity index (χ3v) is 5.91. The molecule has 31 heavy (non-hydrogen) atoms. The quantitative estimate of drug-likeness (QED) is 0.475. The first-order chi connectivity index (χ1) is 15.3. The van der Waals surface area contributed by atoms with Gasteiger partial charge in [-0.1, -0.05) is 30.4 Å². The van der Waals surface area contributed by atoms with Crippen LogP contribution >= 0.6 is 11.3 Å². The van der Waals surface area contributed by atoms with E-state index in [9.17, 15) is 4.79 Å². The van der Waals surface area contributed by atoms with Gasteiger partial charge in [-0.05, 0) is 52.9 Å². The first-order valence-corrected chi connectivity index (χ1v) is 10.8. The van der Waals surface area contributed by atoms with Gasteiger partial charge in [0.1, 0.15) is 12.4 Å². The molecule has 0 unspecified atom stereocenters. The van der Waals surface area contributed by atoms with Crippen LogP contribution in [0.5, 0.6) is 5.75 Å².